The van der Waals surface area contributed by atoms with Crippen molar-refractivity contribution in [3.05, 3.63) is 58.5 Å². The third kappa shape index (κ3) is 4.48. The standard InChI is InChI=1S/C22H23Cl2N5O2/c1-15-21(24)22(16-5-7-25-8-6-16)26-29(15)14-20(30)28-11-9-27(10-12-28)17-3-4-18(23)19(13-17)31-2/h3-8,13H,9-12,14H2,1-2H3. The van der Waals surface area contributed by atoms with Crippen LogP contribution in [0.1, 0.15) is 5.69 Å². The molecule has 3 aromatic rings. The Balaban J connectivity index is 1.41. The van der Waals surface area contributed by atoms with Crippen molar-refractivity contribution < 1.29 is 9.53 Å². The molecule has 1 amide bonds. The first-order valence-electron chi connectivity index (χ1n) is 9.97. The van der Waals surface area contributed by atoms with Crippen LogP contribution < -0.4 is 9.64 Å². The first kappa shape index (κ1) is 21.5. The molecule has 0 bridgehead atoms. The number of methoxy groups -OCH3 is 1. The summed E-state index contributed by atoms with van der Waals surface area (Å²) in [6.45, 7) is 4.77. The Morgan fingerprint density at radius 1 is 1.10 bits per heavy atom. The summed E-state index contributed by atoms with van der Waals surface area (Å²) in [7, 11) is 1.60. The van der Waals surface area contributed by atoms with Crippen molar-refractivity contribution >= 4 is 34.8 Å². The molecule has 0 aliphatic carbocycles. The van der Waals surface area contributed by atoms with Gasteiger partial charge in [-0.1, -0.05) is 23.2 Å². The van der Waals surface area contributed by atoms with E-state index in [-0.39, 0.29) is 12.5 Å². The third-order valence-electron chi connectivity index (χ3n) is 5.50. The summed E-state index contributed by atoms with van der Waals surface area (Å²) >= 11 is 12.6. The molecule has 2 aromatic heterocycles. The van der Waals surface area contributed by atoms with Crippen LogP contribution in [0.5, 0.6) is 5.75 Å². The van der Waals surface area contributed by atoms with Gasteiger partial charge in [0.15, 0.2) is 0 Å². The van der Waals surface area contributed by atoms with E-state index in [2.05, 4.69) is 15.0 Å². The van der Waals surface area contributed by atoms with E-state index in [0.29, 0.717) is 34.6 Å². The fourth-order valence-corrected chi connectivity index (χ4v) is 4.10. The quantitative estimate of drug-likeness (QED) is 0.578. The number of piperazine rings is 1. The molecular weight excluding hydrogens is 437 g/mol. The van der Waals surface area contributed by atoms with Gasteiger partial charge in [0.2, 0.25) is 5.91 Å². The van der Waals surface area contributed by atoms with Gasteiger partial charge in [0, 0.05) is 55.9 Å². The maximum absolute atomic E-state index is 12.9. The summed E-state index contributed by atoms with van der Waals surface area (Å²) in [5.74, 6) is 0.672. The van der Waals surface area contributed by atoms with E-state index in [4.69, 9.17) is 27.9 Å². The molecule has 0 N–H and O–H groups in total. The Morgan fingerprint density at radius 2 is 1.81 bits per heavy atom. The van der Waals surface area contributed by atoms with Crippen molar-refractivity contribution in [2.75, 3.05) is 38.2 Å². The number of carbonyl (C=O) groups is 1. The average Bonchev–Trinajstić information content (AvgIpc) is 3.08. The Hall–Kier alpha value is -2.77. The molecule has 1 aromatic carbocycles. The number of hydrogen-bond acceptors (Lipinski definition) is 5. The zero-order valence-corrected chi connectivity index (χ0v) is 18.9. The molecule has 0 radical (unpaired) electrons. The fourth-order valence-electron chi connectivity index (χ4n) is 3.66. The van der Waals surface area contributed by atoms with Crippen LogP contribution in [0.15, 0.2) is 42.7 Å². The maximum Gasteiger partial charge on any atom is 0.244 e. The lowest BCUT2D eigenvalue weighted by Gasteiger charge is -2.36. The van der Waals surface area contributed by atoms with Gasteiger partial charge >= 0.3 is 0 Å². The van der Waals surface area contributed by atoms with Gasteiger partial charge in [-0.25, -0.2) is 0 Å². The molecule has 1 aliphatic heterocycles. The Labute approximate surface area is 191 Å². The Morgan fingerprint density at radius 3 is 2.48 bits per heavy atom. The van der Waals surface area contributed by atoms with E-state index in [1.54, 1.807) is 24.2 Å². The molecule has 0 unspecified atom stereocenters. The highest BCUT2D eigenvalue weighted by atomic mass is 35.5. The normalized spacial score (nSPS) is 14.1. The van der Waals surface area contributed by atoms with Gasteiger partial charge in [-0.2, -0.15) is 5.10 Å². The van der Waals surface area contributed by atoms with Crippen molar-refractivity contribution in [1.82, 2.24) is 19.7 Å². The van der Waals surface area contributed by atoms with E-state index >= 15 is 0 Å². The van der Waals surface area contributed by atoms with Crippen LogP contribution in [0.25, 0.3) is 11.3 Å². The summed E-state index contributed by atoms with van der Waals surface area (Å²) in [5.41, 5.74) is 3.34. The number of ether oxygens (including phenoxy) is 1. The summed E-state index contributed by atoms with van der Waals surface area (Å²) in [6.07, 6.45) is 3.39. The number of anilines is 1. The number of benzene rings is 1. The molecule has 1 aliphatic rings. The van der Waals surface area contributed by atoms with Gasteiger partial charge in [0.1, 0.15) is 18.0 Å². The Bertz CT molecular complexity index is 1080. The molecule has 3 heterocycles. The van der Waals surface area contributed by atoms with E-state index < -0.39 is 0 Å². The minimum atomic E-state index is 0.0249. The van der Waals surface area contributed by atoms with Gasteiger partial charge in [-0.15, -0.1) is 0 Å². The minimum absolute atomic E-state index is 0.0249. The number of aromatic nitrogens is 3. The van der Waals surface area contributed by atoms with Crippen molar-refractivity contribution in [3.8, 4) is 17.0 Å². The first-order chi connectivity index (χ1) is 15.0. The zero-order chi connectivity index (χ0) is 22.0. The van der Waals surface area contributed by atoms with Gasteiger partial charge in [-0.05, 0) is 31.2 Å². The van der Waals surface area contributed by atoms with Crippen molar-refractivity contribution in [1.29, 1.82) is 0 Å². The van der Waals surface area contributed by atoms with E-state index in [1.807, 2.05) is 42.2 Å². The SMILES string of the molecule is COc1cc(N2CCN(C(=O)Cn3nc(-c4ccncc4)c(Cl)c3C)CC2)ccc1Cl. The third-order valence-corrected chi connectivity index (χ3v) is 6.27. The smallest absolute Gasteiger partial charge is 0.244 e. The average molecular weight is 460 g/mol. The highest BCUT2D eigenvalue weighted by Crippen LogP contribution is 2.31. The lowest BCUT2D eigenvalue weighted by molar-refractivity contribution is -0.132. The predicted molar refractivity (Wildman–Crippen MR) is 122 cm³/mol. The van der Waals surface area contributed by atoms with Gasteiger partial charge in [-0.3, -0.25) is 14.5 Å². The van der Waals surface area contributed by atoms with E-state index in [9.17, 15) is 4.79 Å². The molecule has 1 fully saturated rings. The van der Waals surface area contributed by atoms with Crippen molar-refractivity contribution in [3.63, 3.8) is 0 Å². The fraction of sp³-hybridized carbons (Fsp3) is 0.318. The first-order valence-corrected chi connectivity index (χ1v) is 10.7. The van der Waals surface area contributed by atoms with Crippen LogP contribution in [0.4, 0.5) is 5.69 Å². The van der Waals surface area contributed by atoms with Crippen molar-refractivity contribution in [2.24, 2.45) is 0 Å². The van der Waals surface area contributed by atoms with Crippen LogP contribution >= 0.6 is 23.2 Å². The number of carbonyl (C=O) groups excluding carboxylic acids is 1. The monoisotopic (exact) mass is 459 g/mol. The van der Waals surface area contributed by atoms with Crippen LogP contribution in [0.3, 0.4) is 0 Å². The molecule has 162 valence electrons. The highest BCUT2D eigenvalue weighted by molar-refractivity contribution is 6.33. The number of hydrogen-bond donors (Lipinski definition) is 0. The summed E-state index contributed by atoms with van der Waals surface area (Å²) < 4.78 is 6.99. The molecule has 31 heavy (non-hydrogen) atoms. The topological polar surface area (TPSA) is 63.5 Å². The van der Waals surface area contributed by atoms with E-state index in [0.717, 1.165) is 30.0 Å². The summed E-state index contributed by atoms with van der Waals surface area (Å²) in [5, 5.41) is 5.72. The lowest BCUT2D eigenvalue weighted by atomic mass is 10.2. The number of rotatable bonds is 5. The molecule has 9 heteroatoms. The van der Waals surface area contributed by atoms with Crippen LogP contribution in [0, 0.1) is 6.92 Å². The minimum Gasteiger partial charge on any atom is -0.495 e. The van der Waals surface area contributed by atoms with Crippen molar-refractivity contribution in [2.45, 2.75) is 13.5 Å². The van der Waals surface area contributed by atoms with Crippen LogP contribution in [-0.2, 0) is 11.3 Å². The van der Waals surface area contributed by atoms with Gasteiger partial charge < -0.3 is 14.5 Å². The van der Waals surface area contributed by atoms with E-state index in [1.165, 1.54) is 0 Å². The molecule has 4 rings (SSSR count). The second-order valence-electron chi connectivity index (χ2n) is 7.33. The number of amides is 1. The highest BCUT2D eigenvalue weighted by Gasteiger charge is 2.24. The molecule has 1 saturated heterocycles. The second kappa shape index (κ2) is 9.16. The molecule has 7 nitrogen and oxygen atoms in total. The van der Waals surface area contributed by atoms with Crippen LogP contribution in [-0.4, -0.2) is 58.9 Å². The maximum atomic E-state index is 12.9. The Kier molecular flexibility index (Phi) is 6.34. The van der Waals surface area contributed by atoms with Gasteiger partial charge in [0.25, 0.3) is 0 Å². The molecule has 0 atom stereocenters. The largest absolute Gasteiger partial charge is 0.495 e. The summed E-state index contributed by atoms with van der Waals surface area (Å²) in [6, 6.07) is 9.43. The molecule has 0 saturated carbocycles. The number of halogens is 2. The predicted octanol–water partition coefficient (Wildman–Crippen LogP) is 3.92. The summed E-state index contributed by atoms with van der Waals surface area (Å²) in [4.78, 5) is 21.0. The lowest BCUT2D eigenvalue weighted by Crippen LogP contribution is -2.49. The number of nitrogens with zero attached hydrogens (tertiary/aromatic N) is 5. The zero-order valence-electron chi connectivity index (χ0n) is 17.4. The molecular formula is C22H23Cl2N5O2. The second-order valence-corrected chi connectivity index (χ2v) is 8.11. The van der Waals surface area contributed by atoms with Gasteiger partial charge in [0.05, 0.1) is 22.8 Å². The number of pyridine rings is 1. The molecule has 0 spiro atoms. The van der Waals surface area contributed by atoms with Crippen LogP contribution in [0.2, 0.25) is 10.0 Å².